The first-order chi connectivity index (χ1) is 13.3. The molecule has 1 aromatic carbocycles. The van der Waals surface area contributed by atoms with E-state index < -0.39 is 10.0 Å². The summed E-state index contributed by atoms with van der Waals surface area (Å²) >= 11 is 0. The van der Waals surface area contributed by atoms with Crippen molar-refractivity contribution < 1.29 is 22.8 Å². The smallest absolute Gasteiger partial charge is 0.279 e. The van der Waals surface area contributed by atoms with E-state index in [1.807, 2.05) is 6.92 Å². The number of quaternary nitrogens is 1. The fraction of sp³-hybridized carbons (Fsp3) is 0.650. The Morgan fingerprint density at radius 1 is 1.29 bits per heavy atom. The molecule has 0 saturated carbocycles. The van der Waals surface area contributed by atoms with Crippen LogP contribution in [0.1, 0.15) is 40.5 Å². The van der Waals surface area contributed by atoms with Crippen LogP contribution in [0.25, 0.3) is 0 Å². The van der Waals surface area contributed by atoms with Crippen LogP contribution in [-0.4, -0.2) is 58.0 Å². The van der Waals surface area contributed by atoms with Gasteiger partial charge in [0.25, 0.3) is 5.91 Å². The van der Waals surface area contributed by atoms with Gasteiger partial charge < -0.3 is 15.0 Å². The normalized spacial score (nSPS) is 20.2. The molecule has 0 aromatic heterocycles. The summed E-state index contributed by atoms with van der Waals surface area (Å²) < 4.78 is 32.6. The molecule has 1 unspecified atom stereocenters. The van der Waals surface area contributed by atoms with Gasteiger partial charge in [-0.3, -0.25) is 4.79 Å². The highest BCUT2D eigenvalue weighted by Gasteiger charge is 2.25. The van der Waals surface area contributed by atoms with Gasteiger partial charge in [0.15, 0.2) is 6.54 Å². The summed E-state index contributed by atoms with van der Waals surface area (Å²) in [5.41, 5.74) is 0.407. The summed E-state index contributed by atoms with van der Waals surface area (Å²) in [5, 5.41) is 2.88. The lowest BCUT2D eigenvalue weighted by atomic mass is 10.0. The highest BCUT2D eigenvalue weighted by Crippen LogP contribution is 2.29. The molecule has 1 aromatic rings. The highest BCUT2D eigenvalue weighted by atomic mass is 32.2. The van der Waals surface area contributed by atoms with Crippen LogP contribution in [0.2, 0.25) is 0 Å². The van der Waals surface area contributed by atoms with Crippen LogP contribution in [0, 0.1) is 5.92 Å². The van der Waals surface area contributed by atoms with Crippen molar-refractivity contribution >= 4 is 21.6 Å². The average molecular weight is 413 g/mol. The molecule has 1 aliphatic heterocycles. The molecule has 8 heteroatoms. The minimum Gasteiger partial charge on any atom is -0.492 e. The zero-order chi connectivity index (χ0) is 20.7. The zero-order valence-electron chi connectivity index (χ0n) is 17.5. The Kier molecular flexibility index (Phi) is 8.27. The highest BCUT2D eigenvalue weighted by molar-refractivity contribution is 7.89. The van der Waals surface area contributed by atoms with Crippen LogP contribution in [0.15, 0.2) is 23.1 Å². The summed E-state index contributed by atoms with van der Waals surface area (Å²) in [6.07, 6.45) is 2.34. The number of ether oxygens (including phenoxy) is 1. The molecule has 1 aliphatic rings. The van der Waals surface area contributed by atoms with Crippen molar-refractivity contribution in [3.63, 3.8) is 0 Å². The number of anilines is 1. The zero-order valence-corrected chi connectivity index (χ0v) is 18.3. The fourth-order valence-corrected chi connectivity index (χ4v) is 5.23. The van der Waals surface area contributed by atoms with Crippen LogP contribution in [0.5, 0.6) is 5.75 Å². The van der Waals surface area contributed by atoms with E-state index in [-0.39, 0.29) is 10.8 Å². The number of carbonyl (C=O) groups is 1. The molecule has 1 heterocycles. The van der Waals surface area contributed by atoms with E-state index in [1.165, 1.54) is 27.8 Å². The van der Waals surface area contributed by atoms with Crippen LogP contribution in [-0.2, 0) is 14.8 Å². The number of carbonyl (C=O) groups excluding carboxylic acids is 1. The lowest BCUT2D eigenvalue weighted by molar-refractivity contribution is -0.900. The molecule has 28 heavy (non-hydrogen) atoms. The van der Waals surface area contributed by atoms with Gasteiger partial charge in [0.1, 0.15) is 5.75 Å². The van der Waals surface area contributed by atoms with E-state index in [9.17, 15) is 13.2 Å². The molecule has 7 nitrogen and oxygen atoms in total. The number of nitrogens with one attached hydrogen (secondary N) is 2. The lowest BCUT2D eigenvalue weighted by Crippen LogP contribution is -3.14. The van der Waals surface area contributed by atoms with Crippen LogP contribution >= 0.6 is 0 Å². The van der Waals surface area contributed by atoms with Crippen molar-refractivity contribution in [1.29, 1.82) is 0 Å². The van der Waals surface area contributed by atoms with Gasteiger partial charge in [0.05, 0.1) is 30.3 Å². The third kappa shape index (κ3) is 5.68. The van der Waals surface area contributed by atoms with Crippen molar-refractivity contribution in [2.24, 2.45) is 5.92 Å². The van der Waals surface area contributed by atoms with E-state index in [0.29, 0.717) is 43.6 Å². The minimum absolute atomic E-state index is 0.123. The Hall–Kier alpha value is -1.64. The molecule has 2 N–H and O–H groups in total. The quantitative estimate of drug-likeness (QED) is 0.642. The molecule has 158 valence electrons. The molecule has 1 amide bonds. The average Bonchev–Trinajstić information content (AvgIpc) is 2.64. The first-order valence-corrected chi connectivity index (χ1v) is 11.7. The minimum atomic E-state index is -3.60. The third-order valence-electron chi connectivity index (χ3n) is 5.14. The predicted molar refractivity (Wildman–Crippen MR) is 110 cm³/mol. The van der Waals surface area contributed by atoms with Gasteiger partial charge in [-0.1, -0.05) is 20.8 Å². The number of piperidine rings is 1. The van der Waals surface area contributed by atoms with Crippen molar-refractivity contribution in [3.05, 3.63) is 18.2 Å². The van der Waals surface area contributed by atoms with Crippen molar-refractivity contribution in [2.75, 3.05) is 44.6 Å². The predicted octanol–water partition coefficient (Wildman–Crippen LogP) is 1.37. The second-order valence-electron chi connectivity index (χ2n) is 7.36. The summed E-state index contributed by atoms with van der Waals surface area (Å²) in [5.74, 6) is 0.983. The Morgan fingerprint density at radius 3 is 2.61 bits per heavy atom. The van der Waals surface area contributed by atoms with E-state index in [4.69, 9.17) is 4.74 Å². The summed E-state index contributed by atoms with van der Waals surface area (Å²) in [7, 11) is -3.60. The molecule has 0 radical (unpaired) electrons. The van der Waals surface area contributed by atoms with Crippen molar-refractivity contribution in [1.82, 2.24) is 4.31 Å². The standard InChI is InChI=1S/C20H33N3O4S/c1-5-23(6-2)28(25,26)17-10-11-19(27-7-3)18(13-17)21-20(24)15-22-12-8-9-16(4)14-22/h10-11,13,16H,5-9,12,14-15H2,1-4H3,(H,21,24)/p+1/t16-/m0/s1. The van der Waals surface area contributed by atoms with E-state index in [1.54, 1.807) is 19.9 Å². The van der Waals surface area contributed by atoms with Gasteiger partial charge in [0, 0.05) is 19.0 Å². The molecule has 0 spiro atoms. The van der Waals surface area contributed by atoms with Gasteiger partial charge in [-0.05, 0) is 38.0 Å². The number of amides is 1. The van der Waals surface area contributed by atoms with Crippen LogP contribution in [0.3, 0.4) is 0 Å². The maximum absolute atomic E-state index is 12.8. The van der Waals surface area contributed by atoms with Gasteiger partial charge in [-0.15, -0.1) is 0 Å². The second kappa shape index (κ2) is 10.2. The molecule has 0 aliphatic carbocycles. The monoisotopic (exact) mass is 412 g/mol. The summed E-state index contributed by atoms with van der Waals surface area (Å²) in [6, 6.07) is 4.65. The first-order valence-electron chi connectivity index (χ1n) is 10.2. The van der Waals surface area contributed by atoms with Crippen molar-refractivity contribution in [3.8, 4) is 5.75 Å². The molecule has 1 fully saturated rings. The third-order valence-corrected chi connectivity index (χ3v) is 7.19. The van der Waals surface area contributed by atoms with Crippen LogP contribution < -0.4 is 15.0 Å². The Balaban J connectivity index is 2.22. The topological polar surface area (TPSA) is 80.2 Å². The molecule has 2 rings (SSSR count). The van der Waals surface area contributed by atoms with E-state index in [0.717, 1.165) is 19.5 Å². The summed E-state index contributed by atoms with van der Waals surface area (Å²) in [6.45, 7) is 11.3. The van der Waals surface area contributed by atoms with Crippen molar-refractivity contribution in [2.45, 2.75) is 45.4 Å². The number of sulfonamides is 1. The van der Waals surface area contributed by atoms with Gasteiger partial charge in [0.2, 0.25) is 10.0 Å². The SMILES string of the molecule is CCOc1ccc(S(=O)(=O)N(CC)CC)cc1NC(=O)C[NH+]1CCC[C@H](C)C1. The van der Waals surface area contributed by atoms with E-state index >= 15 is 0 Å². The maximum atomic E-state index is 12.8. The van der Waals surface area contributed by atoms with Gasteiger partial charge in [-0.2, -0.15) is 4.31 Å². The van der Waals surface area contributed by atoms with Gasteiger partial charge in [-0.25, -0.2) is 8.42 Å². The first kappa shape index (κ1) is 22.6. The number of likely N-dealkylation sites (tertiary alicyclic amines) is 1. The summed E-state index contributed by atoms with van der Waals surface area (Å²) in [4.78, 5) is 14.0. The molecule has 0 bridgehead atoms. The van der Waals surface area contributed by atoms with Crippen LogP contribution in [0.4, 0.5) is 5.69 Å². The molecule has 1 saturated heterocycles. The van der Waals surface area contributed by atoms with Gasteiger partial charge >= 0.3 is 0 Å². The number of benzene rings is 1. The number of rotatable bonds is 9. The number of nitrogens with zero attached hydrogens (tertiary/aromatic N) is 1. The Morgan fingerprint density at radius 2 is 2.00 bits per heavy atom. The van der Waals surface area contributed by atoms with E-state index in [2.05, 4.69) is 12.2 Å². The Bertz CT molecular complexity index is 763. The molecular formula is C20H34N3O4S+. The largest absolute Gasteiger partial charge is 0.492 e. The molecular weight excluding hydrogens is 378 g/mol. The fourth-order valence-electron chi connectivity index (χ4n) is 3.74. The number of hydrogen-bond donors (Lipinski definition) is 2. The number of hydrogen-bond acceptors (Lipinski definition) is 4. The maximum Gasteiger partial charge on any atom is 0.279 e. The lowest BCUT2D eigenvalue weighted by Gasteiger charge is -2.27. The molecule has 2 atom stereocenters. The second-order valence-corrected chi connectivity index (χ2v) is 9.29. The Labute approximate surface area is 169 Å².